The van der Waals surface area contributed by atoms with Crippen LogP contribution in [0.15, 0.2) is 29.9 Å². The highest BCUT2D eigenvalue weighted by molar-refractivity contribution is 7.09. The molecule has 100 valence electrons. The van der Waals surface area contributed by atoms with Gasteiger partial charge in [0, 0.05) is 30.0 Å². The number of amides is 1. The fraction of sp³-hybridized carbons (Fsp3) is 0.308. The van der Waals surface area contributed by atoms with Crippen molar-refractivity contribution in [2.75, 3.05) is 11.4 Å². The van der Waals surface area contributed by atoms with Gasteiger partial charge in [-0.05, 0) is 19.1 Å². The van der Waals surface area contributed by atoms with Gasteiger partial charge in [-0.3, -0.25) is 9.78 Å². The largest absolute Gasteiger partial charge is 0.312 e. The molecular formula is C13H14ClN3OS. The van der Waals surface area contributed by atoms with Crippen molar-refractivity contribution in [3.05, 3.63) is 40.6 Å². The van der Waals surface area contributed by atoms with Crippen LogP contribution in [0.1, 0.15) is 17.6 Å². The van der Waals surface area contributed by atoms with Crippen LogP contribution < -0.4 is 4.90 Å². The lowest BCUT2D eigenvalue weighted by molar-refractivity contribution is -0.117. The molecule has 0 atom stereocenters. The lowest BCUT2D eigenvalue weighted by Gasteiger charge is -2.20. The monoisotopic (exact) mass is 295 g/mol. The molecule has 0 aliphatic carbocycles. The first kappa shape index (κ1) is 14.0. The summed E-state index contributed by atoms with van der Waals surface area (Å²) in [4.78, 5) is 22.3. The van der Waals surface area contributed by atoms with Crippen LogP contribution in [-0.4, -0.2) is 22.4 Å². The van der Waals surface area contributed by atoms with Crippen LogP contribution in [-0.2, 0) is 17.1 Å². The molecule has 0 saturated heterocycles. The Balaban J connectivity index is 2.09. The topological polar surface area (TPSA) is 46.1 Å². The minimum absolute atomic E-state index is 0.0316. The molecule has 1 amide bonds. The second-order valence-corrected chi connectivity index (χ2v) is 5.10. The van der Waals surface area contributed by atoms with Crippen LogP contribution in [0.2, 0.25) is 0 Å². The first-order chi connectivity index (χ1) is 9.24. The molecule has 2 heterocycles. The summed E-state index contributed by atoms with van der Waals surface area (Å²) in [5, 5.41) is 2.69. The van der Waals surface area contributed by atoms with Gasteiger partial charge >= 0.3 is 0 Å². The summed E-state index contributed by atoms with van der Waals surface area (Å²) < 4.78 is 0. The normalized spacial score (nSPS) is 10.4. The average molecular weight is 296 g/mol. The third-order valence-corrected chi connectivity index (χ3v) is 3.80. The molecule has 0 spiro atoms. The molecule has 0 bridgehead atoms. The van der Waals surface area contributed by atoms with Gasteiger partial charge in [0.05, 0.1) is 18.0 Å². The highest BCUT2D eigenvalue weighted by Crippen LogP contribution is 2.16. The summed E-state index contributed by atoms with van der Waals surface area (Å²) in [6.45, 7) is 2.57. The van der Waals surface area contributed by atoms with Crippen LogP contribution in [0.3, 0.4) is 0 Å². The maximum Gasteiger partial charge on any atom is 0.233 e. The zero-order valence-corrected chi connectivity index (χ0v) is 12.1. The van der Waals surface area contributed by atoms with Crippen LogP contribution in [0.4, 0.5) is 5.69 Å². The number of carbonyl (C=O) groups is 1. The molecule has 0 saturated carbocycles. The predicted octanol–water partition coefficient (Wildman–Crippen LogP) is 2.87. The van der Waals surface area contributed by atoms with E-state index in [9.17, 15) is 4.79 Å². The van der Waals surface area contributed by atoms with Crippen LogP contribution in [0, 0.1) is 0 Å². The SMILES string of the molecule is CCN(C(=O)Cc1nc(CCl)cs1)c1ccncc1. The van der Waals surface area contributed by atoms with Gasteiger partial charge in [0.2, 0.25) is 5.91 Å². The van der Waals surface area contributed by atoms with Crippen molar-refractivity contribution in [2.24, 2.45) is 0 Å². The molecule has 2 aromatic heterocycles. The van der Waals surface area contributed by atoms with Crippen molar-refractivity contribution in [3.8, 4) is 0 Å². The van der Waals surface area contributed by atoms with E-state index in [4.69, 9.17) is 11.6 Å². The molecule has 0 aliphatic heterocycles. The fourth-order valence-corrected chi connectivity index (χ4v) is 2.76. The Kier molecular flexibility index (Phi) is 4.87. The number of pyridine rings is 1. The van der Waals surface area contributed by atoms with E-state index in [1.165, 1.54) is 11.3 Å². The number of thiazole rings is 1. The van der Waals surface area contributed by atoms with Crippen molar-refractivity contribution in [1.29, 1.82) is 0 Å². The lowest BCUT2D eigenvalue weighted by Crippen LogP contribution is -2.31. The maximum atomic E-state index is 12.3. The van der Waals surface area contributed by atoms with E-state index in [1.807, 2.05) is 24.4 Å². The summed E-state index contributed by atoms with van der Waals surface area (Å²) in [6, 6.07) is 3.65. The van der Waals surface area contributed by atoms with Crippen molar-refractivity contribution < 1.29 is 4.79 Å². The molecule has 0 aromatic carbocycles. The highest BCUT2D eigenvalue weighted by Gasteiger charge is 2.16. The second kappa shape index (κ2) is 6.63. The molecule has 0 aliphatic rings. The van der Waals surface area contributed by atoms with Gasteiger partial charge in [-0.1, -0.05) is 0 Å². The van der Waals surface area contributed by atoms with E-state index in [0.29, 0.717) is 18.8 Å². The molecule has 6 heteroatoms. The van der Waals surface area contributed by atoms with Crippen molar-refractivity contribution in [3.63, 3.8) is 0 Å². The Bertz CT molecular complexity index is 544. The van der Waals surface area contributed by atoms with Crippen molar-refractivity contribution in [1.82, 2.24) is 9.97 Å². The number of halogens is 1. The zero-order chi connectivity index (χ0) is 13.7. The van der Waals surface area contributed by atoms with Gasteiger partial charge in [-0.2, -0.15) is 0 Å². The smallest absolute Gasteiger partial charge is 0.233 e. The summed E-state index contributed by atoms with van der Waals surface area (Å²) >= 11 is 7.17. The number of likely N-dealkylation sites (N-methyl/N-ethyl adjacent to an activating group) is 1. The Morgan fingerprint density at radius 3 is 2.74 bits per heavy atom. The number of nitrogens with zero attached hydrogens (tertiary/aromatic N) is 3. The Morgan fingerprint density at radius 1 is 1.42 bits per heavy atom. The highest BCUT2D eigenvalue weighted by atomic mass is 35.5. The Morgan fingerprint density at radius 2 is 2.16 bits per heavy atom. The first-order valence-corrected chi connectivity index (χ1v) is 7.35. The molecule has 4 nitrogen and oxygen atoms in total. The van der Waals surface area contributed by atoms with Gasteiger partial charge < -0.3 is 4.90 Å². The average Bonchev–Trinajstić information content (AvgIpc) is 2.88. The van der Waals surface area contributed by atoms with E-state index in [-0.39, 0.29) is 5.91 Å². The van der Waals surface area contributed by atoms with Gasteiger partial charge in [0.1, 0.15) is 5.01 Å². The van der Waals surface area contributed by atoms with Gasteiger partial charge in [-0.25, -0.2) is 4.98 Å². The summed E-state index contributed by atoms with van der Waals surface area (Å²) in [6.07, 6.45) is 3.66. The van der Waals surface area contributed by atoms with E-state index < -0.39 is 0 Å². The minimum Gasteiger partial charge on any atom is -0.312 e. The molecule has 0 fully saturated rings. The number of hydrogen-bond donors (Lipinski definition) is 0. The standard InChI is InChI=1S/C13H14ClN3OS/c1-2-17(11-3-5-15-6-4-11)13(18)7-12-16-10(8-14)9-19-12/h3-6,9H,2,7-8H2,1H3. The van der Waals surface area contributed by atoms with E-state index >= 15 is 0 Å². The lowest BCUT2D eigenvalue weighted by atomic mass is 10.3. The third-order valence-electron chi connectivity index (χ3n) is 2.63. The molecular weight excluding hydrogens is 282 g/mol. The number of hydrogen-bond acceptors (Lipinski definition) is 4. The molecule has 2 rings (SSSR count). The first-order valence-electron chi connectivity index (χ1n) is 5.94. The quantitative estimate of drug-likeness (QED) is 0.797. The number of carbonyl (C=O) groups excluding carboxylic acids is 1. The Labute approximate surface area is 121 Å². The molecule has 0 unspecified atom stereocenters. The molecule has 2 aromatic rings. The number of rotatable bonds is 5. The van der Waals surface area contributed by atoms with Crippen molar-refractivity contribution in [2.45, 2.75) is 19.2 Å². The fourth-order valence-electron chi connectivity index (χ4n) is 1.74. The van der Waals surface area contributed by atoms with Gasteiger partial charge in [0.25, 0.3) is 0 Å². The van der Waals surface area contributed by atoms with Gasteiger partial charge in [0.15, 0.2) is 0 Å². The summed E-state index contributed by atoms with van der Waals surface area (Å²) in [5.41, 5.74) is 1.68. The molecule has 0 N–H and O–H groups in total. The van der Waals surface area contributed by atoms with E-state index in [0.717, 1.165) is 16.4 Å². The van der Waals surface area contributed by atoms with E-state index in [1.54, 1.807) is 17.3 Å². The number of anilines is 1. The van der Waals surface area contributed by atoms with E-state index in [2.05, 4.69) is 9.97 Å². The summed E-state index contributed by atoms with van der Waals surface area (Å²) in [5.74, 6) is 0.413. The van der Waals surface area contributed by atoms with Gasteiger partial charge in [-0.15, -0.1) is 22.9 Å². The summed E-state index contributed by atoms with van der Waals surface area (Å²) in [7, 11) is 0. The van der Waals surface area contributed by atoms with Crippen LogP contribution >= 0.6 is 22.9 Å². The molecule has 19 heavy (non-hydrogen) atoms. The number of aromatic nitrogens is 2. The van der Waals surface area contributed by atoms with Crippen LogP contribution in [0.5, 0.6) is 0 Å². The maximum absolute atomic E-state index is 12.3. The Hall–Kier alpha value is -1.46. The van der Waals surface area contributed by atoms with Crippen molar-refractivity contribution >= 4 is 34.5 Å². The molecule has 0 radical (unpaired) electrons. The zero-order valence-electron chi connectivity index (χ0n) is 10.5. The third kappa shape index (κ3) is 3.52. The number of alkyl halides is 1. The second-order valence-electron chi connectivity index (χ2n) is 3.89. The minimum atomic E-state index is 0.0316. The predicted molar refractivity (Wildman–Crippen MR) is 77.6 cm³/mol. The van der Waals surface area contributed by atoms with Crippen LogP contribution in [0.25, 0.3) is 0 Å².